The van der Waals surface area contributed by atoms with Crippen molar-refractivity contribution in [3.8, 4) is 0 Å². The highest BCUT2D eigenvalue weighted by atomic mass is 19.1. The summed E-state index contributed by atoms with van der Waals surface area (Å²) in [5, 5.41) is 2.93. The Hall–Kier alpha value is -2.10. The third-order valence-corrected chi connectivity index (χ3v) is 2.70. The zero-order valence-corrected chi connectivity index (χ0v) is 10.0. The molecule has 0 amide bonds. The molecule has 0 fully saturated rings. The largest absolute Gasteiger partial charge is 0.395 e. The van der Waals surface area contributed by atoms with E-state index in [-0.39, 0.29) is 11.4 Å². The van der Waals surface area contributed by atoms with Gasteiger partial charge < -0.3 is 11.1 Å². The molecule has 0 saturated carbocycles. The zero-order chi connectivity index (χ0) is 13.1. The lowest BCUT2D eigenvalue weighted by atomic mass is 10.1. The van der Waals surface area contributed by atoms with Gasteiger partial charge in [0.15, 0.2) is 5.82 Å². The van der Waals surface area contributed by atoms with E-state index in [1.54, 1.807) is 0 Å². The average molecular weight is 248 g/mol. The summed E-state index contributed by atoms with van der Waals surface area (Å²) >= 11 is 0. The fraction of sp³-hybridized carbons (Fsp3) is 0.143. The Labute approximate surface area is 104 Å². The van der Waals surface area contributed by atoms with Crippen molar-refractivity contribution < 1.29 is 8.78 Å². The van der Waals surface area contributed by atoms with Crippen LogP contribution < -0.4 is 11.1 Å². The van der Waals surface area contributed by atoms with Crippen molar-refractivity contribution in [2.24, 2.45) is 0 Å². The Balaban J connectivity index is 2.13. The van der Waals surface area contributed by atoms with Gasteiger partial charge in [0, 0.05) is 12.6 Å². The molecule has 3 N–H and O–H groups in total. The summed E-state index contributed by atoms with van der Waals surface area (Å²) in [5.74, 6) is -1.39. The lowest BCUT2D eigenvalue weighted by molar-refractivity contribution is 0.587. The van der Waals surface area contributed by atoms with Gasteiger partial charge in [0.25, 0.3) is 0 Å². The first kappa shape index (κ1) is 12.4. The first-order valence-electron chi connectivity index (χ1n) is 5.60. The first-order valence-corrected chi connectivity index (χ1v) is 5.60. The van der Waals surface area contributed by atoms with Crippen LogP contribution in [0.5, 0.6) is 0 Å². The van der Waals surface area contributed by atoms with Crippen LogP contribution in [-0.2, 0) is 6.54 Å². The van der Waals surface area contributed by atoms with Crippen molar-refractivity contribution in [1.29, 1.82) is 0 Å². The van der Waals surface area contributed by atoms with Gasteiger partial charge >= 0.3 is 0 Å². The first-order chi connectivity index (χ1) is 8.56. The molecule has 0 aliphatic carbocycles. The number of benzene rings is 2. The van der Waals surface area contributed by atoms with Crippen LogP contribution in [0.3, 0.4) is 0 Å². The Morgan fingerprint density at radius 1 is 1.11 bits per heavy atom. The van der Waals surface area contributed by atoms with E-state index < -0.39 is 11.6 Å². The third kappa shape index (κ3) is 2.77. The van der Waals surface area contributed by atoms with E-state index in [4.69, 9.17) is 5.73 Å². The fourth-order valence-corrected chi connectivity index (χ4v) is 1.63. The fourth-order valence-electron chi connectivity index (χ4n) is 1.63. The van der Waals surface area contributed by atoms with Gasteiger partial charge in [-0.25, -0.2) is 8.78 Å². The molecule has 2 aromatic rings. The van der Waals surface area contributed by atoms with E-state index in [0.717, 1.165) is 17.2 Å². The number of hydrogen-bond acceptors (Lipinski definition) is 2. The van der Waals surface area contributed by atoms with E-state index in [1.807, 2.05) is 31.2 Å². The van der Waals surface area contributed by atoms with E-state index in [9.17, 15) is 8.78 Å². The normalized spacial score (nSPS) is 10.4. The smallest absolute Gasteiger partial charge is 0.151 e. The van der Waals surface area contributed by atoms with E-state index in [2.05, 4.69) is 5.32 Å². The number of aryl methyl sites for hydroxylation is 1. The van der Waals surface area contributed by atoms with Gasteiger partial charge in [0.05, 0.1) is 11.4 Å². The van der Waals surface area contributed by atoms with Crippen LogP contribution >= 0.6 is 0 Å². The van der Waals surface area contributed by atoms with Gasteiger partial charge in [0.1, 0.15) is 5.82 Å². The molecule has 0 heterocycles. The van der Waals surface area contributed by atoms with Crippen molar-refractivity contribution in [2.75, 3.05) is 11.1 Å². The standard InChI is InChI=1S/C14H14F2N2/c1-9-2-4-10(5-3-9)8-18-13-7-11(15)6-12(16)14(13)17/h2-7,18H,8,17H2,1H3. The summed E-state index contributed by atoms with van der Waals surface area (Å²) in [6.07, 6.45) is 0. The third-order valence-electron chi connectivity index (χ3n) is 2.70. The average Bonchev–Trinajstić information content (AvgIpc) is 2.34. The highest BCUT2D eigenvalue weighted by molar-refractivity contribution is 5.66. The maximum Gasteiger partial charge on any atom is 0.151 e. The maximum absolute atomic E-state index is 13.2. The highest BCUT2D eigenvalue weighted by Gasteiger charge is 2.07. The molecule has 0 spiro atoms. The number of anilines is 2. The van der Waals surface area contributed by atoms with Crippen LogP contribution in [0.2, 0.25) is 0 Å². The molecular formula is C14H14F2N2. The second-order valence-corrected chi connectivity index (χ2v) is 4.19. The minimum absolute atomic E-state index is 0.0662. The minimum Gasteiger partial charge on any atom is -0.395 e. The molecule has 94 valence electrons. The summed E-state index contributed by atoms with van der Waals surface area (Å²) in [7, 11) is 0. The highest BCUT2D eigenvalue weighted by Crippen LogP contribution is 2.23. The number of nitrogen functional groups attached to an aromatic ring is 1. The minimum atomic E-state index is -0.749. The van der Waals surface area contributed by atoms with Crippen LogP contribution in [0.1, 0.15) is 11.1 Å². The molecule has 0 saturated heterocycles. The molecule has 0 atom stereocenters. The van der Waals surface area contributed by atoms with Crippen LogP contribution in [-0.4, -0.2) is 0 Å². The Morgan fingerprint density at radius 2 is 1.78 bits per heavy atom. The molecule has 4 heteroatoms. The molecule has 0 aliphatic heterocycles. The topological polar surface area (TPSA) is 38.0 Å². The maximum atomic E-state index is 13.2. The Bertz CT molecular complexity index is 550. The second kappa shape index (κ2) is 5.04. The number of halogens is 2. The predicted molar refractivity (Wildman–Crippen MR) is 69.3 cm³/mol. The molecule has 2 aromatic carbocycles. The van der Waals surface area contributed by atoms with Gasteiger partial charge in [0.2, 0.25) is 0 Å². The van der Waals surface area contributed by atoms with Crippen molar-refractivity contribution in [2.45, 2.75) is 13.5 Å². The number of hydrogen-bond donors (Lipinski definition) is 2. The monoisotopic (exact) mass is 248 g/mol. The van der Waals surface area contributed by atoms with Crippen LogP contribution in [0.4, 0.5) is 20.2 Å². The summed E-state index contributed by atoms with van der Waals surface area (Å²) in [6, 6.07) is 9.82. The van der Waals surface area contributed by atoms with Crippen molar-refractivity contribution in [3.63, 3.8) is 0 Å². The molecular weight excluding hydrogens is 234 g/mol. The Kier molecular flexibility index (Phi) is 3.46. The van der Waals surface area contributed by atoms with Crippen LogP contribution in [0.25, 0.3) is 0 Å². The molecule has 0 unspecified atom stereocenters. The molecule has 18 heavy (non-hydrogen) atoms. The summed E-state index contributed by atoms with van der Waals surface area (Å²) in [6.45, 7) is 2.46. The van der Waals surface area contributed by atoms with Gasteiger partial charge in [-0.05, 0) is 18.6 Å². The van der Waals surface area contributed by atoms with Crippen molar-refractivity contribution in [3.05, 3.63) is 59.2 Å². The lowest BCUT2D eigenvalue weighted by Gasteiger charge is -2.10. The second-order valence-electron chi connectivity index (χ2n) is 4.19. The van der Waals surface area contributed by atoms with Crippen molar-refractivity contribution >= 4 is 11.4 Å². The van der Waals surface area contributed by atoms with E-state index in [1.165, 1.54) is 6.07 Å². The molecule has 0 aliphatic rings. The van der Waals surface area contributed by atoms with Crippen molar-refractivity contribution in [1.82, 2.24) is 0 Å². The van der Waals surface area contributed by atoms with Crippen LogP contribution in [0, 0.1) is 18.6 Å². The molecule has 2 nitrogen and oxygen atoms in total. The SMILES string of the molecule is Cc1ccc(CNc2cc(F)cc(F)c2N)cc1. The number of nitrogens with one attached hydrogen (secondary N) is 1. The summed E-state index contributed by atoms with van der Waals surface area (Å²) < 4.78 is 26.3. The zero-order valence-electron chi connectivity index (χ0n) is 10.0. The Morgan fingerprint density at radius 3 is 2.44 bits per heavy atom. The van der Waals surface area contributed by atoms with Gasteiger partial charge in [-0.2, -0.15) is 0 Å². The van der Waals surface area contributed by atoms with E-state index in [0.29, 0.717) is 6.54 Å². The lowest BCUT2D eigenvalue weighted by Crippen LogP contribution is -2.04. The van der Waals surface area contributed by atoms with Gasteiger partial charge in [-0.3, -0.25) is 0 Å². The van der Waals surface area contributed by atoms with Gasteiger partial charge in [-0.15, -0.1) is 0 Å². The molecule has 0 bridgehead atoms. The van der Waals surface area contributed by atoms with Crippen LogP contribution in [0.15, 0.2) is 36.4 Å². The predicted octanol–water partition coefficient (Wildman–Crippen LogP) is 3.47. The summed E-state index contributed by atoms with van der Waals surface area (Å²) in [4.78, 5) is 0. The molecule has 0 aromatic heterocycles. The van der Waals surface area contributed by atoms with E-state index >= 15 is 0 Å². The van der Waals surface area contributed by atoms with Gasteiger partial charge in [-0.1, -0.05) is 29.8 Å². The molecule has 0 radical (unpaired) electrons. The number of nitrogens with two attached hydrogens (primary N) is 1. The summed E-state index contributed by atoms with van der Waals surface area (Å²) in [5.41, 5.74) is 7.92. The molecule has 2 rings (SSSR count). The quantitative estimate of drug-likeness (QED) is 0.816. The number of rotatable bonds is 3.